The normalized spacial score (nSPS) is 13.5. The number of hydrogen-bond donors (Lipinski definition) is 0. The van der Waals surface area contributed by atoms with Gasteiger partial charge in [-0.15, -0.1) is 0 Å². The fourth-order valence-electron chi connectivity index (χ4n) is 19.9. The van der Waals surface area contributed by atoms with Crippen molar-refractivity contribution in [2.75, 3.05) is 9.80 Å². The molecule has 15 aromatic carbocycles. The lowest BCUT2D eigenvalue weighted by Gasteiger charge is -2.46. The Balaban J connectivity index is 1.02. The van der Waals surface area contributed by atoms with Crippen molar-refractivity contribution in [3.05, 3.63) is 348 Å². The molecule has 0 N–H and O–H groups in total. The Kier molecular flexibility index (Phi) is 18.3. The standard InChI is InChI=1S/C118H114BN5/c1-112(2,3)79-47-54-99-92(64-79)93-65-80(113(4,5)6)48-55-100(93)121(99)87-51-53-97-104(70-87)123(106-62-78(73-36-26-22-27-37-73)61-105-109(106)89-44-34-35-45-98(89)120(105)86-42-32-25-33-43-86)107-71-88(122-101-56-49-81(114(7,8)9)66-94(101)95-67-82(115(10,11)12)50-57-102(95)122)72-108-110(107)119(97)96-52-46-76(77-58-83(116(13,14)15)63-84(59-77)117(16,17)18)60-103(96)124(108)111-90(74-38-28-23-29-39-74)68-85(118(19,20)21)69-91(111)75-40-30-24-31-41-75/h22-72H,1-21H3. The van der Waals surface area contributed by atoms with Crippen LogP contribution in [-0.2, 0) is 37.9 Å². The number of nitrogens with zero attached hydrogens (tertiary/aromatic N) is 5. The van der Waals surface area contributed by atoms with Crippen molar-refractivity contribution < 1.29 is 0 Å². The summed E-state index contributed by atoms with van der Waals surface area (Å²) in [6.45, 7) is 49.2. The van der Waals surface area contributed by atoms with E-state index >= 15 is 0 Å². The Morgan fingerprint density at radius 3 is 1.02 bits per heavy atom. The largest absolute Gasteiger partial charge is 0.311 e. The van der Waals surface area contributed by atoms with Gasteiger partial charge in [0.2, 0.25) is 0 Å². The summed E-state index contributed by atoms with van der Waals surface area (Å²) in [7, 11) is 0. The molecule has 0 radical (unpaired) electrons. The summed E-state index contributed by atoms with van der Waals surface area (Å²) in [6, 6.07) is 121. The summed E-state index contributed by atoms with van der Waals surface area (Å²) >= 11 is 0. The highest BCUT2D eigenvalue weighted by Gasteiger charge is 2.47. The summed E-state index contributed by atoms with van der Waals surface area (Å²) < 4.78 is 7.75. The molecule has 614 valence electrons. The highest BCUT2D eigenvalue weighted by atomic mass is 15.2. The molecule has 0 saturated heterocycles. The van der Waals surface area contributed by atoms with Crippen LogP contribution in [0, 0.1) is 0 Å². The molecule has 20 rings (SSSR count). The molecule has 0 saturated carbocycles. The van der Waals surface area contributed by atoms with E-state index in [0.717, 1.165) is 112 Å². The first-order chi connectivity index (χ1) is 58.9. The first-order valence-corrected chi connectivity index (χ1v) is 44.8. The molecular formula is C118H114BN5. The molecule has 0 amide bonds. The van der Waals surface area contributed by atoms with Gasteiger partial charge in [0.1, 0.15) is 0 Å². The Labute approximate surface area is 734 Å². The molecule has 2 aliphatic heterocycles. The summed E-state index contributed by atoms with van der Waals surface area (Å²) in [4.78, 5) is 5.55. The molecule has 2 aliphatic rings. The van der Waals surface area contributed by atoms with Crippen molar-refractivity contribution in [3.8, 4) is 61.6 Å². The van der Waals surface area contributed by atoms with E-state index in [0.29, 0.717) is 0 Å². The second kappa shape index (κ2) is 28.5. The quantitative estimate of drug-likeness (QED) is 0.134. The number of benzene rings is 15. The van der Waals surface area contributed by atoms with E-state index in [2.05, 4.69) is 478 Å². The first kappa shape index (κ1) is 79.8. The Hall–Kier alpha value is -12.6. The van der Waals surface area contributed by atoms with Crippen LogP contribution in [0.15, 0.2) is 309 Å². The molecule has 18 aromatic rings. The maximum absolute atomic E-state index is 2.78. The van der Waals surface area contributed by atoms with Crippen LogP contribution in [0.25, 0.3) is 127 Å². The molecule has 3 aromatic heterocycles. The van der Waals surface area contributed by atoms with E-state index in [9.17, 15) is 0 Å². The molecule has 0 spiro atoms. The van der Waals surface area contributed by atoms with Crippen LogP contribution in [0.5, 0.6) is 0 Å². The average molecular weight is 1610 g/mol. The van der Waals surface area contributed by atoms with Gasteiger partial charge in [-0.2, -0.15) is 0 Å². The molecule has 5 heterocycles. The van der Waals surface area contributed by atoms with Crippen LogP contribution in [-0.4, -0.2) is 20.4 Å². The van der Waals surface area contributed by atoms with Crippen LogP contribution >= 0.6 is 0 Å². The molecule has 0 aliphatic carbocycles. The maximum atomic E-state index is 2.78. The minimum Gasteiger partial charge on any atom is -0.311 e. The summed E-state index contributed by atoms with van der Waals surface area (Å²) in [5.74, 6) is 0. The zero-order valence-corrected chi connectivity index (χ0v) is 76.3. The van der Waals surface area contributed by atoms with Crippen molar-refractivity contribution >= 4 is 123 Å². The van der Waals surface area contributed by atoms with Gasteiger partial charge in [-0.3, -0.25) is 0 Å². The van der Waals surface area contributed by atoms with E-state index in [4.69, 9.17) is 0 Å². The van der Waals surface area contributed by atoms with Crippen LogP contribution in [0.4, 0.5) is 34.1 Å². The summed E-state index contributed by atoms with van der Waals surface area (Å²) in [5.41, 5.74) is 37.9. The van der Waals surface area contributed by atoms with Crippen molar-refractivity contribution in [3.63, 3.8) is 0 Å². The predicted octanol–water partition coefficient (Wildman–Crippen LogP) is 30.8. The van der Waals surface area contributed by atoms with Gasteiger partial charge < -0.3 is 23.5 Å². The monoisotopic (exact) mass is 1610 g/mol. The molecule has 0 unspecified atom stereocenters. The molecule has 124 heavy (non-hydrogen) atoms. The Morgan fingerprint density at radius 2 is 0.556 bits per heavy atom. The lowest BCUT2D eigenvalue weighted by molar-refractivity contribution is 0.569. The van der Waals surface area contributed by atoms with E-state index in [1.807, 2.05) is 0 Å². The van der Waals surface area contributed by atoms with Gasteiger partial charge >= 0.3 is 0 Å². The Bertz CT molecular complexity index is 7130. The fraction of sp³-hybridized carbons (Fsp3) is 0.237. The zero-order chi connectivity index (χ0) is 86.5. The fourth-order valence-corrected chi connectivity index (χ4v) is 19.9. The van der Waals surface area contributed by atoms with E-state index in [1.165, 1.54) is 104 Å². The van der Waals surface area contributed by atoms with Crippen molar-refractivity contribution in [2.45, 2.75) is 183 Å². The third-order valence-corrected chi connectivity index (χ3v) is 27.0. The van der Waals surface area contributed by atoms with E-state index < -0.39 is 0 Å². The smallest absolute Gasteiger partial charge is 0.252 e. The third-order valence-electron chi connectivity index (χ3n) is 27.0. The number of hydrogen-bond acceptors (Lipinski definition) is 2. The van der Waals surface area contributed by atoms with Gasteiger partial charge in [0.05, 0.1) is 50.2 Å². The third kappa shape index (κ3) is 13.3. The Morgan fingerprint density at radius 1 is 0.202 bits per heavy atom. The molecule has 0 atom stereocenters. The minimum absolute atomic E-state index is 0.0878. The zero-order valence-electron chi connectivity index (χ0n) is 76.3. The van der Waals surface area contributed by atoms with Gasteiger partial charge in [-0.05, 0) is 248 Å². The van der Waals surface area contributed by atoms with Gasteiger partial charge in [-0.25, -0.2) is 0 Å². The summed E-state index contributed by atoms with van der Waals surface area (Å²) in [5, 5.41) is 7.31. The average Bonchev–Trinajstić information content (AvgIpc) is 0.990. The molecule has 0 bridgehead atoms. The molecule has 5 nitrogen and oxygen atoms in total. The van der Waals surface area contributed by atoms with E-state index in [-0.39, 0.29) is 44.6 Å². The highest BCUT2D eigenvalue weighted by Crippen LogP contribution is 2.56. The number of rotatable bonds is 9. The molecular weight excluding hydrogens is 1500 g/mol. The van der Waals surface area contributed by atoms with Crippen molar-refractivity contribution in [2.24, 2.45) is 0 Å². The SMILES string of the molecule is CC(C)(C)c1cc(-c2ccc3c(c2)N(c2c(-c4ccccc4)cc(C(C)(C)C)cc2-c2ccccc2)c2cc(-n4c5ccc(C(C)(C)C)cc5c5cc(C(C)(C)C)ccc54)cc4c2B3c2ccc(-n3c5ccc(C(C)(C)C)cc5c5cc(C(C)(C)C)ccc53)cc2N4c2cc(-c3ccccc3)cc3c2c2ccccc2n3-c2ccccc2)cc(C(C)(C)C)c1. The minimum atomic E-state index is -0.318. The lowest BCUT2D eigenvalue weighted by atomic mass is 9.33. The van der Waals surface area contributed by atoms with Crippen LogP contribution < -0.4 is 26.2 Å². The van der Waals surface area contributed by atoms with Crippen molar-refractivity contribution in [1.29, 1.82) is 0 Å². The van der Waals surface area contributed by atoms with Crippen LogP contribution in [0.3, 0.4) is 0 Å². The van der Waals surface area contributed by atoms with Crippen LogP contribution in [0.1, 0.15) is 184 Å². The second-order valence-electron chi connectivity index (χ2n) is 42.8. The van der Waals surface area contributed by atoms with Gasteiger partial charge in [-0.1, -0.05) is 333 Å². The number of fused-ring (bicyclic) bond motifs is 13. The number of anilines is 6. The van der Waals surface area contributed by atoms with E-state index in [1.54, 1.807) is 0 Å². The predicted molar refractivity (Wildman–Crippen MR) is 536 cm³/mol. The number of aromatic nitrogens is 3. The lowest BCUT2D eigenvalue weighted by Crippen LogP contribution is -2.61. The van der Waals surface area contributed by atoms with Crippen LogP contribution in [0.2, 0.25) is 0 Å². The molecule has 0 fully saturated rings. The molecule has 6 heteroatoms. The second-order valence-corrected chi connectivity index (χ2v) is 42.8. The van der Waals surface area contributed by atoms with Gasteiger partial charge in [0.15, 0.2) is 0 Å². The first-order valence-electron chi connectivity index (χ1n) is 44.8. The van der Waals surface area contributed by atoms with Gasteiger partial charge in [0.25, 0.3) is 6.71 Å². The number of para-hydroxylation sites is 2. The van der Waals surface area contributed by atoms with Gasteiger partial charge in [0, 0.05) is 77.6 Å². The highest BCUT2D eigenvalue weighted by molar-refractivity contribution is 7.00. The van der Waals surface area contributed by atoms with Crippen molar-refractivity contribution in [1.82, 2.24) is 13.7 Å². The summed E-state index contributed by atoms with van der Waals surface area (Å²) in [6.07, 6.45) is 0. The maximum Gasteiger partial charge on any atom is 0.252 e. The topological polar surface area (TPSA) is 21.3 Å².